The average Bonchev–Trinajstić information content (AvgIpc) is 2.52. The van der Waals surface area contributed by atoms with Crippen molar-refractivity contribution in [3.8, 4) is 0 Å². The second-order valence-corrected chi connectivity index (χ2v) is 7.24. The Kier molecular flexibility index (Phi) is 4.14. The summed E-state index contributed by atoms with van der Waals surface area (Å²) in [7, 11) is 0. The Labute approximate surface area is 107 Å². The molecule has 0 atom stereocenters. The number of nitrogens with zero attached hydrogens (tertiary/aromatic N) is 1. The van der Waals surface area contributed by atoms with Crippen molar-refractivity contribution >= 4 is 0 Å². The number of likely N-dealkylation sites (tertiary alicyclic amines) is 1. The summed E-state index contributed by atoms with van der Waals surface area (Å²) < 4.78 is 0. The van der Waals surface area contributed by atoms with E-state index < -0.39 is 0 Å². The zero-order valence-corrected chi connectivity index (χ0v) is 11.8. The summed E-state index contributed by atoms with van der Waals surface area (Å²) in [4.78, 5) is 2.68. The molecule has 2 heteroatoms. The lowest BCUT2D eigenvalue weighted by Gasteiger charge is -2.36. The van der Waals surface area contributed by atoms with E-state index >= 15 is 0 Å². The maximum Gasteiger partial charge on any atom is 0.00503 e. The molecule has 0 bridgehead atoms. The Hall–Kier alpha value is -0.0800. The molecule has 1 saturated carbocycles. The van der Waals surface area contributed by atoms with Crippen LogP contribution in [-0.4, -0.2) is 31.1 Å². The third kappa shape index (κ3) is 3.45. The monoisotopic (exact) mass is 238 g/mol. The van der Waals surface area contributed by atoms with Crippen molar-refractivity contribution in [1.29, 1.82) is 0 Å². The van der Waals surface area contributed by atoms with Gasteiger partial charge in [-0.25, -0.2) is 0 Å². The van der Waals surface area contributed by atoms with Crippen LogP contribution in [0.2, 0.25) is 0 Å². The second kappa shape index (κ2) is 5.27. The molecule has 1 aliphatic carbocycles. The van der Waals surface area contributed by atoms with Gasteiger partial charge in [-0.2, -0.15) is 0 Å². The van der Waals surface area contributed by atoms with Crippen molar-refractivity contribution in [2.24, 2.45) is 16.6 Å². The minimum atomic E-state index is 0.441. The predicted molar refractivity (Wildman–Crippen MR) is 74.0 cm³/mol. The Morgan fingerprint density at radius 2 is 1.65 bits per heavy atom. The molecular formula is C15H30N2. The van der Waals surface area contributed by atoms with Crippen LogP contribution in [0.25, 0.3) is 0 Å². The molecule has 0 amide bonds. The van der Waals surface area contributed by atoms with Gasteiger partial charge in [0.25, 0.3) is 0 Å². The zero-order chi connectivity index (χ0) is 12.4. The van der Waals surface area contributed by atoms with Gasteiger partial charge in [0.15, 0.2) is 0 Å². The standard InChI is InChI=1S/C15H30N2/c1-14(2)9-10-17(12-14)13-15(11-16)7-5-3-4-6-8-15/h3-13,16H2,1-2H3. The Bertz CT molecular complexity index is 239. The highest BCUT2D eigenvalue weighted by Crippen LogP contribution is 2.37. The van der Waals surface area contributed by atoms with Gasteiger partial charge >= 0.3 is 0 Å². The van der Waals surface area contributed by atoms with E-state index in [0.717, 1.165) is 6.54 Å². The van der Waals surface area contributed by atoms with Gasteiger partial charge in [0.2, 0.25) is 0 Å². The zero-order valence-electron chi connectivity index (χ0n) is 11.8. The third-order valence-corrected chi connectivity index (χ3v) is 4.91. The molecule has 2 fully saturated rings. The number of hydrogen-bond acceptors (Lipinski definition) is 2. The van der Waals surface area contributed by atoms with Crippen molar-refractivity contribution in [2.45, 2.75) is 58.8 Å². The summed E-state index contributed by atoms with van der Waals surface area (Å²) in [5, 5.41) is 0. The van der Waals surface area contributed by atoms with E-state index in [1.807, 2.05) is 0 Å². The van der Waals surface area contributed by atoms with Crippen molar-refractivity contribution in [3.63, 3.8) is 0 Å². The van der Waals surface area contributed by atoms with Crippen LogP contribution in [0.5, 0.6) is 0 Å². The molecule has 0 spiro atoms. The van der Waals surface area contributed by atoms with E-state index in [1.54, 1.807) is 0 Å². The smallest absolute Gasteiger partial charge is 0.00503 e. The lowest BCUT2D eigenvalue weighted by atomic mass is 9.80. The minimum Gasteiger partial charge on any atom is -0.330 e. The maximum absolute atomic E-state index is 6.13. The quantitative estimate of drug-likeness (QED) is 0.766. The summed E-state index contributed by atoms with van der Waals surface area (Å²) in [5.41, 5.74) is 7.10. The Balaban J connectivity index is 1.94. The molecule has 1 saturated heterocycles. The van der Waals surface area contributed by atoms with Crippen molar-refractivity contribution in [1.82, 2.24) is 4.90 Å². The number of nitrogens with two attached hydrogens (primary N) is 1. The highest BCUT2D eigenvalue weighted by molar-refractivity contribution is 4.90. The van der Waals surface area contributed by atoms with Crippen molar-refractivity contribution < 1.29 is 0 Å². The van der Waals surface area contributed by atoms with Crippen LogP contribution in [0.1, 0.15) is 58.8 Å². The fourth-order valence-electron chi connectivity index (χ4n) is 3.74. The summed E-state index contributed by atoms with van der Waals surface area (Å²) in [5.74, 6) is 0. The fourth-order valence-corrected chi connectivity index (χ4v) is 3.74. The maximum atomic E-state index is 6.13. The molecule has 0 unspecified atom stereocenters. The minimum absolute atomic E-state index is 0.441. The van der Waals surface area contributed by atoms with Crippen LogP contribution in [-0.2, 0) is 0 Å². The first-order valence-electron chi connectivity index (χ1n) is 7.48. The van der Waals surface area contributed by atoms with E-state index in [4.69, 9.17) is 5.73 Å². The molecule has 100 valence electrons. The van der Waals surface area contributed by atoms with E-state index in [0.29, 0.717) is 10.8 Å². The van der Waals surface area contributed by atoms with E-state index in [9.17, 15) is 0 Å². The molecule has 0 aromatic heterocycles. The van der Waals surface area contributed by atoms with Gasteiger partial charge in [-0.3, -0.25) is 0 Å². The van der Waals surface area contributed by atoms with E-state index in [1.165, 1.54) is 64.6 Å². The third-order valence-electron chi connectivity index (χ3n) is 4.91. The SMILES string of the molecule is CC1(C)CCN(CC2(CN)CCCCCC2)C1. The van der Waals surface area contributed by atoms with E-state index in [-0.39, 0.29) is 0 Å². The Morgan fingerprint density at radius 3 is 2.12 bits per heavy atom. The molecule has 2 rings (SSSR count). The highest BCUT2D eigenvalue weighted by atomic mass is 15.2. The van der Waals surface area contributed by atoms with Gasteiger partial charge in [-0.1, -0.05) is 39.5 Å². The van der Waals surface area contributed by atoms with Gasteiger partial charge in [0, 0.05) is 13.1 Å². The van der Waals surface area contributed by atoms with Crippen molar-refractivity contribution in [3.05, 3.63) is 0 Å². The normalized spacial score (nSPS) is 29.1. The molecule has 1 heterocycles. The fraction of sp³-hybridized carbons (Fsp3) is 1.00. The molecule has 17 heavy (non-hydrogen) atoms. The predicted octanol–water partition coefficient (Wildman–Crippen LogP) is 3.02. The average molecular weight is 238 g/mol. The van der Waals surface area contributed by atoms with Crippen LogP contribution in [0.3, 0.4) is 0 Å². The molecule has 2 aliphatic rings. The first kappa shape index (κ1) is 13.4. The van der Waals surface area contributed by atoms with Crippen LogP contribution >= 0.6 is 0 Å². The number of rotatable bonds is 3. The molecule has 2 N–H and O–H groups in total. The van der Waals surface area contributed by atoms with Gasteiger partial charge < -0.3 is 10.6 Å². The van der Waals surface area contributed by atoms with Crippen LogP contribution in [0.4, 0.5) is 0 Å². The highest BCUT2D eigenvalue weighted by Gasteiger charge is 2.36. The topological polar surface area (TPSA) is 29.3 Å². The Morgan fingerprint density at radius 1 is 1.00 bits per heavy atom. The first-order chi connectivity index (χ1) is 8.05. The lowest BCUT2D eigenvalue weighted by Crippen LogP contribution is -2.42. The van der Waals surface area contributed by atoms with Gasteiger partial charge in [0.05, 0.1) is 0 Å². The molecular weight excluding hydrogens is 208 g/mol. The molecule has 2 nitrogen and oxygen atoms in total. The van der Waals surface area contributed by atoms with Gasteiger partial charge in [-0.15, -0.1) is 0 Å². The van der Waals surface area contributed by atoms with E-state index in [2.05, 4.69) is 18.7 Å². The molecule has 1 aliphatic heterocycles. The van der Waals surface area contributed by atoms with Crippen molar-refractivity contribution in [2.75, 3.05) is 26.2 Å². The summed E-state index contributed by atoms with van der Waals surface area (Å²) in [6.07, 6.45) is 9.72. The number of hydrogen-bond donors (Lipinski definition) is 1. The molecule has 0 aromatic rings. The summed E-state index contributed by atoms with van der Waals surface area (Å²) in [6, 6.07) is 0. The summed E-state index contributed by atoms with van der Waals surface area (Å²) >= 11 is 0. The van der Waals surface area contributed by atoms with Crippen LogP contribution < -0.4 is 5.73 Å². The largest absolute Gasteiger partial charge is 0.330 e. The van der Waals surface area contributed by atoms with Crippen LogP contribution in [0.15, 0.2) is 0 Å². The molecule has 0 aromatic carbocycles. The summed E-state index contributed by atoms with van der Waals surface area (Å²) in [6.45, 7) is 9.50. The first-order valence-corrected chi connectivity index (χ1v) is 7.48. The second-order valence-electron chi connectivity index (χ2n) is 7.24. The molecule has 0 radical (unpaired) electrons. The van der Waals surface area contributed by atoms with Gasteiger partial charge in [0.1, 0.15) is 0 Å². The van der Waals surface area contributed by atoms with Crippen LogP contribution in [0, 0.1) is 10.8 Å². The lowest BCUT2D eigenvalue weighted by molar-refractivity contribution is 0.147. The van der Waals surface area contributed by atoms with Gasteiger partial charge in [-0.05, 0) is 43.2 Å².